The van der Waals surface area contributed by atoms with Crippen LogP contribution in [0.15, 0.2) is 49.1 Å². The Kier molecular flexibility index (Phi) is 10.2. The molecule has 2 aromatic heterocycles. The van der Waals surface area contributed by atoms with Gasteiger partial charge in [-0.05, 0) is 75.1 Å². The molecule has 55 heavy (non-hydrogen) atoms. The number of nitrogens with two attached hydrogens (primary N) is 1. The van der Waals surface area contributed by atoms with Crippen LogP contribution in [0.4, 0.5) is 22.1 Å². The molecule has 5 aliphatic heterocycles. The molecule has 0 bridgehead atoms. The maximum Gasteiger partial charge on any atom is 0.320 e. The first kappa shape index (κ1) is 36.5. The number of carbonyl (C=O) groups is 4. The lowest BCUT2D eigenvalue weighted by atomic mass is 9.99. The summed E-state index contributed by atoms with van der Waals surface area (Å²) < 4.78 is 1.98. The van der Waals surface area contributed by atoms with Crippen molar-refractivity contribution in [1.29, 1.82) is 0 Å². The topological polar surface area (TPSA) is 178 Å². The van der Waals surface area contributed by atoms with Crippen molar-refractivity contribution in [2.45, 2.75) is 76.0 Å². The molecule has 5 amide bonds. The molecule has 2 atom stereocenters. The Balaban J connectivity index is 0.840. The Bertz CT molecular complexity index is 1990. The van der Waals surface area contributed by atoms with Gasteiger partial charge in [0.1, 0.15) is 11.9 Å². The first-order chi connectivity index (χ1) is 26.6. The number of likely N-dealkylation sites (tertiary alicyclic amines) is 1. The Morgan fingerprint density at radius 3 is 2.62 bits per heavy atom. The average Bonchev–Trinajstić information content (AvgIpc) is 3.89. The third kappa shape index (κ3) is 7.46. The van der Waals surface area contributed by atoms with Gasteiger partial charge in [-0.3, -0.25) is 19.1 Å². The van der Waals surface area contributed by atoms with Gasteiger partial charge < -0.3 is 40.9 Å². The summed E-state index contributed by atoms with van der Waals surface area (Å²) in [7, 11) is 1.83. The summed E-state index contributed by atoms with van der Waals surface area (Å²) in [6.07, 6.45) is 12.2. The monoisotopic (exact) mass is 750 g/mol. The van der Waals surface area contributed by atoms with Gasteiger partial charge in [0.05, 0.1) is 30.2 Å². The van der Waals surface area contributed by atoms with Crippen LogP contribution in [0.3, 0.4) is 0 Å². The molecule has 4 N–H and O–H groups in total. The van der Waals surface area contributed by atoms with Crippen LogP contribution in [-0.2, 0) is 17.8 Å². The van der Waals surface area contributed by atoms with E-state index in [1.165, 1.54) is 5.56 Å². The molecule has 5 aliphatic rings. The van der Waals surface area contributed by atoms with E-state index in [0.717, 1.165) is 83.4 Å². The number of piperidine rings is 3. The van der Waals surface area contributed by atoms with Crippen molar-refractivity contribution in [1.82, 2.24) is 44.7 Å². The molecule has 1 unspecified atom stereocenters. The molecule has 16 heteroatoms. The van der Waals surface area contributed by atoms with Crippen molar-refractivity contribution >= 4 is 41.1 Å². The molecule has 1 aromatic carbocycles. The number of hydrogen-bond acceptors (Lipinski definition) is 10. The molecule has 290 valence electrons. The van der Waals surface area contributed by atoms with Crippen LogP contribution < -0.4 is 21.3 Å². The van der Waals surface area contributed by atoms with E-state index >= 15 is 0 Å². The van der Waals surface area contributed by atoms with Gasteiger partial charge >= 0.3 is 6.03 Å². The number of anilines is 3. The van der Waals surface area contributed by atoms with E-state index in [-0.39, 0.29) is 41.4 Å². The number of aromatic nitrogens is 4. The summed E-state index contributed by atoms with van der Waals surface area (Å²) in [5, 5.41) is 10.7. The molecule has 0 aliphatic carbocycles. The number of amides is 5. The van der Waals surface area contributed by atoms with Crippen molar-refractivity contribution < 1.29 is 19.2 Å². The minimum atomic E-state index is -0.670. The Labute approximate surface area is 320 Å². The van der Waals surface area contributed by atoms with Gasteiger partial charge in [0, 0.05) is 70.3 Å². The molecule has 4 saturated heterocycles. The van der Waals surface area contributed by atoms with Gasteiger partial charge in [0.2, 0.25) is 5.91 Å². The van der Waals surface area contributed by atoms with Crippen LogP contribution in [0.1, 0.15) is 83.0 Å². The summed E-state index contributed by atoms with van der Waals surface area (Å²) in [4.78, 5) is 70.2. The number of nitrogens with one attached hydrogen (secondary N) is 2. The number of carbonyl (C=O) groups excluding carboxylic acids is 4. The summed E-state index contributed by atoms with van der Waals surface area (Å²) >= 11 is 0. The summed E-state index contributed by atoms with van der Waals surface area (Å²) in [5.41, 5.74) is 10.1. The fourth-order valence-electron chi connectivity index (χ4n) is 8.83. The zero-order valence-corrected chi connectivity index (χ0v) is 31.5. The van der Waals surface area contributed by atoms with Crippen molar-refractivity contribution in [3.63, 3.8) is 0 Å². The molecule has 0 spiro atoms. The third-order valence-electron chi connectivity index (χ3n) is 11.9. The molecule has 16 nitrogen and oxygen atoms in total. The minimum Gasteiger partial charge on any atom is -0.364 e. The molecule has 8 rings (SSSR count). The van der Waals surface area contributed by atoms with E-state index in [1.54, 1.807) is 22.2 Å². The van der Waals surface area contributed by atoms with Crippen molar-refractivity contribution in [2.75, 3.05) is 63.1 Å². The maximum absolute atomic E-state index is 13.3. The number of hydrogen-bond donors (Lipinski definition) is 3. The lowest BCUT2D eigenvalue weighted by Crippen LogP contribution is -2.49. The summed E-state index contributed by atoms with van der Waals surface area (Å²) in [6.45, 7) is 10.1. The zero-order chi connectivity index (χ0) is 38.2. The SMILES string of the molecule is C=C1CCC(N2Cc3c(CCCN4CCC(n5cc(Nc6nc(N7CCC[C@H](N8CCN(C)C8=O)C7)cnc6C(N)=O)cn5)CC4)cccc3C2=O)C(=O)N1. The Morgan fingerprint density at radius 1 is 1.02 bits per heavy atom. The van der Waals surface area contributed by atoms with E-state index in [2.05, 4.69) is 43.2 Å². The van der Waals surface area contributed by atoms with E-state index in [4.69, 9.17) is 10.7 Å². The third-order valence-corrected chi connectivity index (χ3v) is 11.9. The predicted molar refractivity (Wildman–Crippen MR) is 206 cm³/mol. The first-order valence-electron chi connectivity index (χ1n) is 19.5. The molecular formula is C39H50N12O4. The maximum atomic E-state index is 13.3. The zero-order valence-electron chi connectivity index (χ0n) is 31.5. The quantitative estimate of drug-likeness (QED) is 0.264. The van der Waals surface area contributed by atoms with E-state index in [9.17, 15) is 19.2 Å². The second kappa shape index (κ2) is 15.3. The van der Waals surface area contributed by atoms with E-state index in [1.807, 2.05) is 35.0 Å². The number of rotatable bonds is 11. The lowest BCUT2D eigenvalue weighted by Gasteiger charge is -2.37. The van der Waals surface area contributed by atoms with Gasteiger partial charge in [-0.2, -0.15) is 5.10 Å². The van der Waals surface area contributed by atoms with Gasteiger partial charge in [0.25, 0.3) is 11.8 Å². The van der Waals surface area contributed by atoms with E-state index < -0.39 is 11.9 Å². The highest BCUT2D eigenvalue weighted by Crippen LogP contribution is 2.32. The number of likely N-dealkylation sites (N-methyl/N-ethyl adjacent to an activating group) is 1. The Morgan fingerprint density at radius 2 is 1.85 bits per heavy atom. The largest absolute Gasteiger partial charge is 0.364 e. The Hall–Kier alpha value is -5.51. The number of fused-ring (bicyclic) bond motifs is 1. The highest BCUT2D eigenvalue weighted by Gasteiger charge is 2.39. The number of aryl methyl sites for hydroxylation is 1. The standard InChI is InChI=1S/C39H50N12O4/c1-25-10-11-32(37(53)43-25)50-24-31-26(6-3-9-30(31)38(50)54)7-4-14-47-16-12-28(13-17-47)51-22-27(20-42-51)44-36-34(35(40)52)41-21-33(45-36)48-15-5-8-29(23-48)49-19-18-46(2)39(49)55/h3,6,9,20-22,28-29,32H,1,4-5,7-8,10-19,23-24H2,2H3,(H2,40,52)(H,43,53)(H,44,45)/t29-,32?/m0/s1. The predicted octanol–water partition coefficient (Wildman–Crippen LogP) is 2.87. The fourth-order valence-corrected chi connectivity index (χ4v) is 8.83. The average molecular weight is 751 g/mol. The fraction of sp³-hybridized carbons (Fsp3) is 0.513. The van der Waals surface area contributed by atoms with Gasteiger partial charge in [-0.1, -0.05) is 18.7 Å². The molecule has 0 saturated carbocycles. The molecular weight excluding hydrogens is 701 g/mol. The first-order valence-corrected chi connectivity index (χ1v) is 19.5. The summed E-state index contributed by atoms with van der Waals surface area (Å²) in [6, 6.07) is 5.89. The second-order valence-electron chi connectivity index (χ2n) is 15.5. The van der Waals surface area contributed by atoms with Gasteiger partial charge in [-0.15, -0.1) is 0 Å². The minimum absolute atomic E-state index is 0.0577. The van der Waals surface area contributed by atoms with E-state index in [0.29, 0.717) is 48.7 Å². The number of allylic oxidation sites excluding steroid dienone is 1. The highest BCUT2D eigenvalue weighted by molar-refractivity contribution is 6.02. The molecule has 7 heterocycles. The van der Waals surface area contributed by atoms with Crippen molar-refractivity contribution in [2.24, 2.45) is 5.73 Å². The smallest absolute Gasteiger partial charge is 0.320 e. The van der Waals surface area contributed by atoms with Crippen LogP contribution in [0.25, 0.3) is 0 Å². The molecule has 4 fully saturated rings. The lowest BCUT2D eigenvalue weighted by molar-refractivity contribution is -0.126. The van der Waals surface area contributed by atoms with Crippen LogP contribution in [0.2, 0.25) is 0 Å². The van der Waals surface area contributed by atoms with Crippen LogP contribution in [0.5, 0.6) is 0 Å². The second-order valence-corrected chi connectivity index (χ2v) is 15.5. The summed E-state index contributed by atoms with van der Waals surface area (Å²) in [5.74, 6) is 0.0380. The van der Waals surface area contributed by atoms with Gasteiger partial charge in [-0.25, -0.2) is 14.8 Å². The number of urea groups is 1. The van der Waals surface area contributed by atoms with Crippen LogP contribution in [-0.4, -0.2) is 128 Å². The number of benzene rings is 1. The van der Waals surface area contributed by atoms with Crippen LogP contribution >= 0.6 is 0 Å². The molecule has 0 radical (unpaired) electrons. The van der Waals surface area contributed by atoms with Crippen LogP contribution in [0, 0.1) is 0 Å². The highest BCUT2D eigenvalue weighted by atomic mass is 16.2. The molecule has 3 aromatic rings. The number of primary amides is 1. The normalized spacial score (nSPS) is 22.4. The van der Waals surface area contributed by atoms with Crippen molar-refractivity contribution in [3.05, 3.63) is 71.4 Å². The van der Waals surface area contributed by atoms with Crippen molar-refractivity contribution in [3.8, 4) is 0 Å². The number of nitrogens with zero attached hydrogens (tertiary/aromatic N) is 9. The van der Waals surface area contributed by atoms with Gasteiger partial charge in [0.15, 0.2) is 11.5 Å².